The van der Waals surface area contributed by atoms with E-state index >= 15 is 0 Å². The maximum atomic E-state index is 13.1. The minimum Gasteiger partial charge on any atom is -0.389 e. The molecule has 0 aliphatic heterocycles. The lowest BCUT2D eigenvalue weighted by atomic mass is 10.1. The van der Waals surface area contributed by atoms with Gasteiger partial charge in [0.1, 0.15) is 10.8 Å². The van der Waals surface area contributed by atoms with Crippen LogP contribution in [0.2, 0.25) is 0 Å². The fraction of sp³-hybridized carbons (Fsp3) is 0.250. The van der Waals surface area contributed by atoms with Crippen LogP contribution in [0.4, 0.5) is 4.39 Å². The van der Waals surface area contributed by atoms with Gasteiger partial charge < -0.3 is 10.3 Å². The van der Waals surface area contributed by atoms with E-state index < -0.39 is 0 Å². The summed E-state index contributed by atoms with van der Waals surface area (Å²) in [7, 11) is 0. The van der Waals surface area contributed by atoms with Crippen LogP contribution in [0.1, 0.15) is 19.4 Å². The zero-order valence-corrected chi connectivity index (χ0v) is 12.8. The van der Waals surface area contributed by atoms with Gasteiger partial charge >= 0.3 is 0 Å². The quantitative estimate of drug-likeness (QED) is 0.884. The summed E-state index contributed by atoms with van der Waals surface area (Å²) >= 11 is 4.91. The van der Waals surface area contributed by atoms with Crippen LogP contribution in [-0.4, -0.2) is 9.56 Å². The molecule has 1 aromatic carbocycles. The number of benzene rings is 1. The van der Waals surface area contributed by atoms with Crippen molar-refractivity contribution in [1.29, 1.82) is 0 Å². The fourth-order valence-electron chi connectivity index (χ4n) is 2.18. The molecule has 2 aromatic rings. The Morgan fingerprint density at radius 3 is 2.38 bits per heavy atom. The molecule has 0 bridgehead atoms. The standard InChI is InChI=1S/C16H17FN2OS/c1-10(2)9-19-14(11-3-5-12(17)6-4-11)8-7-13(15(18)21)16(19)20/h3-8,10H,9H2,1-2H3,(H2,18,21). The number of hydrogen-bond donors (Lipinski definition) is 1. The van der Waals surface area contributed by atoms with Crippen molar-refractivity contribution >= 4 is 17.2 Å². The number of nitrogens with two attached hydrogens (primary N) is 1. The molecule has 0 spiro atoms. The summed E-state index contributed by atoms with van der Waals surface area (Å²) in [6.07, 6.45) is 0. The largest absolute Gasteiger partial charge is 0.389 e. The predicted molar refractivity (Wildman–Crippen MR) is 86.8 cm³/mol. The van der Waals surface area contributed by atoms with Crippen LogP contribution in [-0.2, 0) is 6.54 Å². The molecule has 0 saturated carbocycles. The lowest BCUT2D eigenvalue weighted by Gasteiger charge is -2.16. The molecule has 5 heteroatoms. The highest BCUT2D eigenvalue weighted by Crippen LogP contribution is 2.20. The summed E-state index contributed by atoms with van der Waals surface area (Å²) in [5.74, 6) is -0.0280. The minimum atomic E-state index is -0.309. The molecule has 3 nitrogen and oxygen atoms in total. The second kappa shape index (κ2) is 6.18. The van der Waals surface area contributed by atoms with Gasteiger partial charge in [-0.25, -0.2) is 4.39 Å². The number of thiocarbonyl (C=S) groups is 1. The average Bonchev–Trinajstić information content (AvgIpc) is 2.41. The molecule has 1 aromatic heterocycles. The maximum absolute atomic E-state index is 13.1. The molecule has 21 heavy (non-hydrogen) atoms. The lowest BCUT2D eigenvalue weighted by Crippen LogP contribution is -2.31. The second-order valence-electron chi connectivity index (χ2n) is 5.31. The Kier molecular flexibility index (Phi) is 4.53. The van der Waals surface area contributed by atoms with E-state index in [0.717, 1.165) is 11.3 Å². The van der Waals surface area contributed by atoms with E-state index in [-0.39, 0.29) is 22.3 Å². The molecular weight excluding hydrogens is 287 g/mol. The Morgan fingerprint density at radius 2 is 1.86 bits per heavy atom. The first-order valence-electron chi connectivity index (χ1n) is 6.69. The molecule has 0 radical (unpaired) electrons. The van der Waals surface area contributed by atoms with Gasteiger partial charge in [-0.05, 0) is 47.9 Å². The first kappa shape index (κ1) is 15.4. The van der Waals surface area contributed by atoms with Gasteiger partial charge in [0, 0.05) is 6.54 Å². The van der Waals surface area contributed by atoms with Crippen LogP contribution in [0, 0.1) is 11.7 Å². The van der Waals surface area contributed by atoms with Crippen molar-refractivity contribution in [3.63, 3.8) is 0 Å². The van der Waals surface area contributed by atoms with Gasteiger partial charge in [0.2, 0.25) is 0 Å². The third-order valence-electron chi connectivity index (χ3n) is 3.13. The highest BCUT2D eigenvalue weighted by Gasteiger charge is 2.13. The summed E-state index contributed by atoms with van der Waals surface area (Å²) in [5, 5.41) is 0. The van der Waals surface area contributed by atoms with E-state index in [9.17, 15) is 9.18 Å². The molecule has 0 aliphatic carbocycles. The highest BCUT2D eigenvalue weighted by atomic mass is 32.1. The fourth-order valence-corrected chi connectivity index (χ4v) is 2.34. The van der Waals surface area contributed by atoms with Crippen molar-refractivity contribution in [2.24, 2.45) is 11.7 Å². The van der Waals surface area contributed by atoms with Crippen LogP contribution in [0.5, 0.6) is 0 Å². The summed E-state index contributed by atoms with van der Waals surface area (Å²) in [4.78, 5) is 12.6. The third-order valence-corrected chi connectivity index (χ3v) is 3.35. The van der Waals surface area contributed by atoms with Gasteiger partial charge in [-0.2, -0.15) is 0 Å². The molecule has 2 rings (SSSR count). The Bertz CT molecular complexity index is 720. The van der Waals surface area contributed by atoms with Gasteiger partial charge in [-0.3, -0.25) is 4.79 Å². The van der Waals surface area contributed by atoms with Crippen molar-refractivity contribution < 1.29 is 4.39 Å². The highest BCUT2D eigenvalue weighted by molar-refractivity contribution is 7.80. The van der Waals surface area contributed by atoms with E-state index in [1.807, 2.05) is 13.8 Å². The number of nitrogens with zero attached hydrogens (tertiary/aromatic N) is 1. The molecule has 0 aliphatic rings. The Balaban J connectivity index is 2.65. The van der Waals surface area contributed by atoms with Crippen LogP contribution < -0.4 is 11.3 Å². The topological polar surface area (TPSA) is 48.0 Å². The van der Waals surface area contributed by atoms with E-state index in [1.165, 1.54) is 12.1 Å². The second-order valence-corrected chi connectivity index (χ2v) is 5.75. The van der Waals surface area contributed by atoms with Gasteiger partial charge in [0.25, 0.3) is 5.56 Å². The van der Waals surface area contributed by atoms with Gasteiger partial charge in [-0.15, -0.1) is 0 Å². The number of halogens is 1. The molecule has 0 amide bonds. The summed E-state index contributed by atoms with van der Waals surface area (Å²) < 4.78 is 14.7. The molecule has 0 unspecified atom stereocenters. The SMILES string of the molecule is CC(C)Cn1c(-c2ccc(F)cc2)ccc(C(N)=S)c1=O. The van der Waals surface area contributed by atoms with Crippen LogP contribution >= 0.6 is 12.2 Å². The molecular formula is C16H17FN2OS. The zero-order valence-electron chi connectivity index (χ0n) is 12.0. The van der Waals surface area contributed by atoms with E-state index in [2.05, 4.69) is 0 Å². The number of rotatable bonds is 4. The minimum absolute atomic E-state index is 0.0863. The molecule has 110 valence electrons. The van der Waals surface area contributed by atoms with Crippen molar-refractivity contribution in [2.75, 3.05) is 0 Å². The first-order valence-corrected chi connectivity index (χ1v) is 7.10. The molecule has 0 atom stereocenters. The van der Waals surface area contributed by atoms with E-state index in [4.69, 9.17) is 18.0 Å². The third kappa shape index (κ3) is 3.36. The van der Waals surface area contributed by atoms with Gasteiger partial charge in [0.05, 0.1) is 11.3 Å². The number of aromatic nitrogens is 1. The van der Waals surface area contributed by atoms with Crippen molar-refractivity contribution in [3.8, 4) is 11.3 Å². The normalized spacial score (nSPS) is 10.9. The Hall–Kier alpha value is -2.01. The van der Waals surface area contributed by atoms with E-state index in [1.54, 1.807) is 28.8 Å². The molecule has 0 fully saturated rings. The first-order chi connectivity index (χ1) is 9.90. The number of pyridine rings is 1. The monoisotopic (exact) mass is 304 g/mol. The summed E-state index contributed by atoms with van der Waals surface area (Å²) in [6.45, 7) is 4.59. The van der Waals surface area contributed by atoms with Crippen LogP contribution in [0.15, 0.2) is 41.2 Å². The Morgan fingerprint density at radius 1 is 1.24 bits per heavy atom. The van der Waals surface area contributed by atoms with Crippen LogP contribution in [0.3, 0.4) is 0 Å². The average molecular weight is 304 g/mol. The molecule has 1 heterocycles. The smallest absolute Gasteiger partial charge is 0.261 e. The van der Waals surface area contributed by atoms with Crippen molar-refractivity contribution in [3.05, 3.63) is 58.1 Å². The molecule has 0 saturated heterocycles. The zero-order chi connectivity index (χ0) is 15.6. The summed E-state index contributed by atoms with van der Waals surface area (Å²) in [5.41, 5.74) is 7.22. The van der Waals surface area contributed by atoms with E-state index in [0.29, 0.717) is 12.1 Å². The number of hydrogen-bond acceptors (Lipinski definition) is 2. The molecule has 2 N–H and O–H groups in total. The van der Waals surface area contributed by atoms with Crippen molar-refractivity contribution in [1.82, 2.24) is 4.57 Å². The predicted octanol–water partition coefficient (Wildman–Crippen LogP) is 2.94. The van der Waals surface area contributed by atoms with Crippen molar-refractivity contribution in [2.45, 2.75) is 20.4 Å². The van der Waals surface area contributed by atoms with Gasteiger partial charge in [0.15, 0.2) is 0 Å². The van der Waals surface area contributed by atoms with Crippen LogP contribution in [0.25, 0.3) is 11.3 Å². The Labute approximate surface area is 128 Å². The van der Waals surface area contributed by atoms with Gasteiger partial charge in [-0.1, -0.05) is 26.1 Å². The maximum Gasteiger partial charge on any atom is 0.261 e. The summed E-state index contributed by atoms with van der Waals surface area (Å²) in [6, 6.07) is 9.48. The lowest BCUT2D eigenvalue weighted by molar-refractivity contribution is 0.514.